The van der Waals surface area contributed by atoms with E-state index >= 15 is 0 Å². The van der Waals surface area contributed by atoms with Gasteiger partial charge in [0.15, 0.2) is 0 Å². The summed E-state index contributed by atoms with van der Waals surface area (Å²) < 4.78 is 0. The summed E-state index contributed by atoms with van der Waals surface area (Å²) in [6.07, 6.45) is 1.25. The van der Waals surface area contributed by atoms with Gasteiger partial charge in [0.1, 0.15) is 6.54 Å². The monoisotopic (exact) mass is 329 g/mol. The molecule has 1 aromatic carbocycles. The standard InChI is InChI=1S/C16H19N5O3/c1-16(15(23)24)8-5-9-20(11-16)13(22)10-21-18-14(17-19-21)12-6-3-2-4-7-12/h2-4,6-7H,5,8-11H2,1H3,(H,23,24). The zero-order valence-electron chi connectivity index (χ0n) is 13.4. The fourth-order valence-electron chi connectivity index (χ4n) is 2.86. The summed E-state index contributed by atoms with van der Waals surface area (Å²) >= 11 is 0. The second-order valence-electron chi connectivity index (χ2n) is 6.29. The molecular weight excluding hydrogens is 310 g/mol. The first kappa shape index (κ1) is 16.1. The van der Waals surface area contributed by atoms with E-state index in [2.05, 4.69) is 15.4 Å². The number of aromatic nitrogens is 4. The summed E-state index contributed by atoms with van der Waals surface area (Å²) in [6, 6.07) is 9.38. The van der Waals surface area contributed by atoms with E-state index in [0.717, 1.165) is 5.56 Å². The van der Waals surface area contributed by atoms with Crippen molar-refractivity contribution in [3.8, 4) is 11.4 Å². The van der Waals surface area contributed by atoms with Crippen molar-refractivity contribution >= 4 is 11.9 Å². The molecule has 1 aromatic heterocycles. The van der Waals surface area contributed by atoms with Gasteiger partial charge in [-0.1, -0.05) is 30.3 Å². The maximum atomic E-state index is 12.4. The molecule has 8 heteroatoms. The van der Waals surface area contributed by atoms with Crippen molar-refractivity contribution in [1.82, 2.24) is 25.1 Å². The zero-order valence-corrected chi connectivity index (χ0v) is 13.4. The van der Waals surface area contributed by atoms with Gasteiger partial charge in [0.2, 0.25) is 11.7 Å². The number of hydrogen-bond donors (Lipinski definition) is 1. The quantitative estimate of drug-likeness (QED) is 0.900. The zero-order chi connectivity index (χ0) is 17.2. The molecule has 1 aliphatic rings. The summed E-state index contributed by atoms with van der Waals surface area (Å²) in [5.41, 5.74) is -0.0635. The van der Waals surface area contributed by atoms with Crippen LogP contribution in [0.5, 0.6) is 0 Å². The molecule has 2 heterocycles. The highest BCUT2D eigenvalue weighted by Crippen LogP contribution is 2.29. The van der Waals surface area contributed by atoms with Crippen LogP contribution in [0.15, 0.2) is 30.3 Å². The first-order valence-electron chi connectivity index (χ1n) is 7.82. The fraction of sp³-hybridized carbons (Fsp3) is 0.438. The van der Waals surface area contributed by atoms with E-state index < -0.39 is 11.4 Å². The van der Waals surface area contributed by atoms with Crippen LogP contribution in [-0.4, -0.2) is 55.2 Å². The molecule has 1 saturated heterocycles. The Morgan fingerprint density at radius 1 is 1.29 bits per heavy atom. The Labute approximate surface area is 139 Å². The number of tetrazole rings is 1. The van der Waals surface area contributed by atoms with Crippen molar-refractivity contribution in [1.29, 1.82) is 0 Å². The molecule has 0 radical (unpaired) electrons. The van der Waals surface area contributed by atoms with Crippen LogP contribution < -0.4 is 0 Å². The van der Waals surface area contributed by atoms with Gasteiger partial charge in [0, 0.05) is 18.7 Å². The second-order valence-corrected chi connectivity index (χ2v) is 6.29. The van der Waals surface area contributed by atoms with E-state index in [9.17, 15) is 14.7 Å². The van der Waals surface area contributed by atoms with E-state index in [4.69, 9.17) is 0 Å². The second kappa shape index (κ2) is 6.38. The minimum Gasteiger partial charge on any atom is -0.481 e. The SMILES string of the molecule is CC1(C(=O)O)CCCN(C(=O)Cn2nnc(-c3ccccc3)n2)C1. The summed E-state index contributed by atoms with van der Waals surface area (Å²) in [4.78, 5) is 26.6. The van der Waals surface area contributed by atoms with Gasteiger partial charge in [0.25, 0.3) is 0 Å². The van der Waals surface area contributed by atoms with Crippen molar-refractivity contribution in [2.45, 2.75) is 26.3 Å². The third kappa shape index (κ3) is 3.27. The van der Waals surface area contributed by atoms with Crippen LogP contribution in [0, 0.1) is 5.41 Å². The Hall–Kier alpha value is -2.77. The summed E-state index contributed by atoms with van der Waals surface area (Å²) in [7, 11) is 0. The van der Waals surface area contributed by atoms with Crippen molar-refractivity contribution in [3.05, 3.63) is 30.3 Å². The summed E-state index contributed by atoms with van der Waals surface area (Å²) in [6.45, 7) is 2.40. The van der Waals surface area contributed by atoms with Gasteiger partial charge in [-0.3, -0.25) is 9.59 Å². The molecule has 1 aliphatic heterocycles. The van der Waals surface area contributed by atoms with E-state index in [1.807, 2.05) is 30.3 Å². The highest BCUT2D eigenvalue weighted by Gasteiger charge is 2.39. The molecule has 0 saturated carbocycles. The number of carboxylic acids is 1. The van der Waals surface area contributed by atoms with Crippen molar-refractivity contribution in [2.24, 2.45) is 5.41 Å². The number of piperidine rings is 1. The molecular formula is C16H19N5O3. The third-order valence-corrected chi connectivity index (χ3v) is 4.33. The maximum absolute atomic E-state index is 12.4. The summed E-state index contributed by atoms with van der Waals surface area (Å²) in [5, 5.41) is 21.4. The molecule has 0 aliphatic carbocycles. The molecule has 1 N–H and O–H groups in total. The topological polar surface area (TPSA) is 101 Å². The average Bonchev–Trinajstić information content (AvgIpc) is 3.04. The Bertz CT molecular complexity index is 745. The van der Waals surface area contributed by atoms with Gasteiger partial charge in [-0.05, 0) is 25.0 Å². The smallest absolute Gasteiger partial charge is 0.311 e. The molecule has 2 aromatic rings. The third-order valence-electron chi connectivity index (χ3n) is 4.33. The molecule has 1 unspecified atom stereocenters. The van der Waals surface area contributed by atoms with Crippen molar-refractivity contribution in [3.63, 3.8) is 0 Å². The van der Waals surface area contributed by atoms with Gasteiger partial charge in [-0.25, -0.2) is 0 Å². The number of rotatable bonds is 4. The van der Waals surface area contributed by atoms with Crippen LogP contribution in [0.25, 0.3) is 11.4 Å². The first-order valence-corrected chi connectivity index (χ1v) is 7.82. The molecule has 0 bridgehead atoms. The predicted octanol–water partition coefficient (Wildman–Crippen LogP) is 1.05. The van der Waals surface area contributed by atoms with E-state index in [0.29, 0.717) is 25.2 Å². The van der Waals surface area contributed by atoms with Crippen LogP contribution in [0.4, 0.5) is 0 Å². The number of benzene rings is 1. The number of nitrogens with zero attached hydrogens (tertiary/aromatic N) is 5. The van der Waals surface area contributed by atoms with Gasteiger partial charge in [0.05, 0.1) is 5.41 Å². The molecule has 0 spiro atoms. The molecule has 126 valence electrons. The first-order chi connectivity index (χ1) is 11.5. The number of aliphatic carboxylic acids is 1. The Morgan fingerprint density at radius 3 is 2.75 bits per heavy atom. The largest absolute Gasteiger partial charge is 0.481 e. The van der Waals surface area contributed by atoms with Gasteiger partial charge in [-0.15, -0.1) is 10.2 Å². The number of likely N-dealkylation sites (tertiary alicyclic amines) is 1. The van der Waals surface area contributed by atoms with E-state index in [1.54, 1.807) is 11.8 Å². The number of carboxylic acid groups (broad SMARTS) is 1. The molecule has 8 nitrogen and oxygen atoms in total. The lowest BCUT2D eigenvalue weighted by Gasteiger charge is -2.37. The van der Waals surface area contributed by atoms with Gasteiger partial charge < -0.3 is 10.0 Å². The number of amides is 1. The van der Waals surface area contributed by atoms with Crippen molar-refractivity contribution in [2.75, 3.05) is 13.1 Å². The number of carbonyl (C=O) groups excluding carboxylic acids is 1. The minimum absolute atomic E-state index is 0.0461. The lowest BCUT2D eigenvalue weighted by atomic mass is 9.82. The van der Waals surface area contributed by atoms with Crippen LogP contribution in [-0.2, 0) is 16.1 Å². The average molecular weight is 329 g/mol. The molecule has 1 amide bonds. The lowest BCUT2D eigenvalue weighted by Crippen LogP contribution is -2.49. The Morgan fingerprint density at radius 2 is 2.04 bits per heavy atom. The maximum Gasteiger partial charge on any atom is 0.311 e. The van der Waals surface area contributed by atoms with E-state index in [1.165, 1.54) is 4.80 Å². The van der Waals surface area contributed by atoms with E-state index in [-0.39, 0.29) is 19.0 Å². The molecule has 3 rings (SSSR count). The normalized spacial score (nSPS) is 20.8. The number of hydrogen-bond acceptors (Lipinski definition) is 5. The fourth-order valence-corrected chi connectivity index (χ4v) is 2.86. The Kier molecular flexibility index (Phi) is 4.28. The van der Waals surface area contributed by atoms with Crippen LogP contribution in [0.1, 0.15) is 19.8 Å². The van der Waals surface area contributed by atoms with Gasteiger partial charge in [-0.2, -0.15) is 4.80 Å². The summed E-state index contributed by atoms with van der Waals surface area (Å²) in [5.74, 6) is -0.609. The highest BCUT2D eigenvalue weighted by atomic mass is 16.4. The van der Waals surface area contributed by atoms with Crippen LogP contribution in [0.2, 0.25) is 0 Å². The molecule has 1 fully saturated rings. The lowest BCUT2D eigenvalue weighted by molar-refractivity contribution is -0.153. The van der Waals surface area contributed by atoms with Crippen LogP contribution >= 0.6 is 0 Å². The number of carbonyl (C=O) groups is 2. The van der Waals surface area contributed by atoms with Crippen molar-refractivity contribution < 1.29 is 14.7 Å². The minimum atomic E-state index is -0.890. The molecule has 1 atom stereocenters. The highest BCUT2D eigenvalue weighted by molar-refractivity contribution is 5.79. The van der Waals surface area contributed by atoms with Gasteiger partial charge >= 0.3 is 5.97 Å². The molecule has 24 heavy (non-hydrogen) atoms. The predicted molar refractivity (Wildman–Crippen MR) is 84.8 cm³/mol. The van der Waals surface area contributed by atoms with Crippen LogP contribution in [0.3, 0.4) is 0 Å². The Balaban J connectivity index is 1.67.